The molecule has 0 aliphatic heterocycles. The monoisotopic (exact) mass is 722 g/mol. The molecule has 56 heavy (non-hydrogen) atoms. The maximum atomic E-state index is 9.85. The average Bonchev–Trinajstić information content (AvgIpc) is 3.91. The van der Waals surface area contributed by atoms with E-state index < -0.39 is 24.2 Å². The Morgan fingerprint density at radius 1 is 0.286 bits per heavy atom. The quantitative estimate of drug-likeness (QED) is 0.162. The van der Waals surface area contributed by atoms with E-state index in [9.17, 15) is 8.22 Å². The van der Waals surface area contributed by atoms with E-state index in [1.165, 1.54) is 0 Å². The SMILES string of the molecule is [2H]c1c([2H])c([2H])c2c(c1[2H])c1c3c4c([2H])c([2H])c([2H])c([2H])c4n(-c4cccc(-c5ccc(-c6ccccc6)cc5)c4)c3c([2H])c([2H])c1n2-c1cccc(-c2ccc(-c3ccccc3)cc2)c1. The molecule has 262 valence electrons. The summed E-state index contributed by atoms with van der Waals surface area (Å²) in [5.74, 6) is 0. The number of hydrogen-bond donors (Lipinski definition) is 0. The molecule has 0 aliphatic carbocycles. The maximum absolute atomic E-state index is 9.85. The van der Waals surface area contributed by atoms with E-state index in [4.69, 9.17) is 5.48 Å². The Labute approximate surface area is 339 Å². The van der Waals surface area contributed by atoms with Crippen LogP contribution < -0.4 is 0 Å². The molecule has 2 aromatic heterocycles. The Morgan fingerprint density at radius 2 is 0.625 bits per heavy atom. The van der Waals surface area contributed by atoms with Gasteiger partial charge >= 0.3 is 0 Å². The minimum absolute atomic E-state index is 0.0748. The fraction of sp³-hybridized carbons (Fsp3) is 0. The van der Waals surface area contributed by atoms with Gasteiger partial charge in [0, 0.05) is 32.9 Å². The van der Waals surface area contributed by atoms with Gasteiger partial charge in [-0.2, -0.15) is 0 Å². The average molecular weight is 723 g/mol. The van der Waals surface area contributed by atoms with Crippen molar-refractivity contribution in [1.82, 2.24) is 9.13 Å². The van der Waals surface area contributed by atoms with Gasteiger partial charge in [0.05, 0.1) is 35.8 Å². The number of rotatable bonds is 6. The minimum atomic E-state index is -0.495. The molecule has 0 fully saturated rings. The zero-order chi connectivity index (χ0) is 45.7. The predicted octanol–water partition coefficient (Wildman–Crippen LogP) is 14.5. The minimum Gasteiger partial charge on any atom is -0.309 e. The zero-order valence-electron chi connectivity index (χ0n) is 39.9. The summed E-state index contributed by atoms with van der Waals surface area (Å²) in [6.45, 7) is 0. The number of hydrogen-bond acceptors (Lipinski definition) is 0. The Hall–Kier alpha value is -7.42. The van der Waals surface area contributed by atoms with E-state index in [0.717, 1.165) is 44.5 Å². The molecule has 11 aromatic rings. The number of nitrogens with zero attached hydrogens (tertiary/aromatic N) is 2. The van der Waals surface area contributed by atoms with Gasteiger partial charge in [0.2, 0.25) is 0 Å². The first-order valence-electron chi connectivity index (χ1n) is 23.4. The molecule has 2 heterocycles. The molecule has 2 nitrogen and oxygen atoms in total. The molecule has 0 unspecified atom stereocenters. The standard InChI is InChI=1S/C54H36N2/c1-3-13-37(14-4-1)39-25-29-41(30-26-39)43-17-11-19-45(35-43)55-49-23-9-7-21-47(49)53-51(55)33-34-52-54(53)48-22-8-10-24-50(48)56(52)46-20-12-18-44(36-46)42-31-27-40(28-32-42)38-15-5-2-6-16-38/h1-36H/i7D,8D,9D,10D,21D,22D,23D,24D,33D,34D. The van der Waals surface area contributed by atoms with Gasteiger partial charge in [-0.1, -0.05) is 170 Å². The van der Waals surface area contributed by atoms with Crippen molar-refractivity contribution in [2.24, 2.45) is 0 Å². The molecule has 0 saturated heterocycles. The van der Waals surface area contributed by atoms with Crippen molar-refractivity contribution in [3.63, 3.8) is 0 Å². The number of benzene rings is 9. The summed E-state index contributed by atoms with van der Waals surface area (Å²) >= 11 is 0. The Balaban J connectivity index is 1.21. The number of para-hydroxylation sites is 2. The van der Waals surface area contributed by atoms with Crippen LogP contribution in [0.2, 0.25) is 0 Å². The van der Waals surface area contributed by atoms with Crippen LogP contribution in [0.3, 0.4) is 0 Å². The van der Waals surface area contributed by atoms with Gasteiger partial charge in [-0.25, -0.2) is 0 Å². The number of aromatic nitrogens is 2. The third kappa shape index (κ3) is 5.26. The molecule has 0 saturated carbocycles. The van der Waals surface area contributed by atoms with E-state index in [-0.39, 0.29) is 79.9 Å². The third-order valence-corrected chi connectivity index (χ3v) is 10.6. The maximum Gasteiger partial charge on any atom is 0.0646 e. The van der Waals surface area contributed by atoms with Gasteiger partial charge < -0.3 is 9.13 Å². The molecule has 0 radical (unpaired) electrons. The molecule has 11 rings (SSSR count). The Kier molecular flexibility index (Phi) is 5.49. The molecular weight excluding hydrogens is 677 g/mol. The van der Waals surface area contributed by atoms with Crippen LogP contribution >= 0.6 is 0 Å². The normalized spacial score (nSPS) is 14.1. The van der Waals surface area contributed by atoms with E-state index in [1.807, 2.05) is 146 Å². The zero-order valence-corrected chi connectivity index (χ0v) is 29.9. The van der Waals surface area contributed by atoms with Crippen molar-refractivity contribution in [3.8, 4) is 55.9 Å². The summed E-state index contributed by atoms with van der Waals surface area (Å²) in [6, 6.07) is 47.2. The molecule has 0 atom stereocenters. The lowest BCUT2D eigenvalue weighted by molar-refractivity contribution is 1.17. The smallest absolute Gasteiger partial charge is 0.0646 e. The molecule has 0 aliphatic rings. The van der Waals surface area contributed by atoms with Crippen LogP contribution in [0.4, 0.5) is 0 Å². The largest absolute Gasteiger partial charge is 0.309 e. The van der Waals surface area contributed by atoms with E-state index in [2.05, 4.69) is 0 Å². The molecule has 0 amide bonds. The van der Waals surface area contributed by atoms with Crippen LogP contribution in [0, 0.1) is 0 Å². The highest BCUT2D eigenvalue weighted by Crippen LogP contribution is 2.43. The van der Waals surface area contributed by atoms with Gasteiger partial charge in [-0.3, -0.25) is 0 Å². The molecule has 9 aromatic carbocycles. The lowest BCUT2D eigenvalue weighted by Crippen LogP contribution is -1.95. The van der Waals surface area contributed by atoms with E-state index >= 15 is 0 Å². The van der Waals surface area contributed by atoms with Crippen molar-refractivity contribution >= 4 is 43.6 Å². The third-order valence-electron chi connectivity index (χ3n) is 10.6. The molecule has 2 heteroatoms. The topological polar surface area (TPSA) is 9.86 Å². The summed E-state index contributed by atoms with van der Waals surface area (Å²) in [6.07, 6.45) is 0. The summed E-state index contributed by atoms with van der Waals surface area (Å²) in [4.78, 5) is 0. The Bertz CT molecular complexity index is 3540. The van der Waals surface area contributed by atoms with Crippen molar-refractivity contribution in [2.45, 2.75) is 0 Å². The van der Waals surface area contributed by atoms with Crippen LogP contribution in [-0.2, 0) is 0 Å². The molecule has 0 spiro atoms. The summed E-state index contributed by atoms with van der Waals surface area (Å²) in [5.41, 5.74) is 8.98. The fourth-order valence-corrected chi connectivity index (χ4v) is 7.97. The summed E-state index contributed by atoms with van der Waals surface area (Å²) < 4.78 is 95.9. The first-order chi connectivity index (χ1) is 31.9. The van der Waals surface area contributed by atoms with Crippen molar-refractivity contribution in [1.29, 1.82) is 0 Å². The van der Waals surface area contributed by atoms with Crippen LogP contribution in [0.25, 0.3) is 99.5 Å². The van der Waals surface area contributed by atoms with E-state index in [1.54, 1.807) is 21.3 Å². The van der Waals surface area contributed by atoms with Gasteiger partial charge in [0.1, 0.15) is 0 Å². The number of fused-ring (bicyclic) bond motifs is 7. The highest BCUT2D eigenvalue weighted by Gasteiger charge is 2.20. The second kappa shape index (κ2) is 13.2. The van der Waals surface area contributed by atoms with Gasteiger partial charge in [0.25, 0.3) is 0 Å². The lowest BCUT2D eigenvalue weighted by atomic mass is 10.00. The lowest BCUT2D eigenvalue weighted by Gasteiger charge is -2.12. The van der Waals surface area contributed by atoms with Gasteiger partial charge in [-0.15, -0.1) is 0 Å². The van der Waals surface area contributed by atoms with Crippen LogP contribution in [0.5, 0.6) is 0 Å². The summed E-state index contributed by atoms with van der Waals surface area (Å²) in [7, 11) is 0. The first-order valence-corrected chi connectivity index (χ1v) is 18.4. The summed E-state index contributed by atoms with van der Waals surface area (Å²) in [5, 5.41) is 0.524. The van der Waals surface area contributed by atoms with Crippen LogP contribution in [-0.4, -0.2) is 9.13 Å². The molecule has 0 N–H and O–H groups in total. The van der Waals surface area contributed by atoms with Crippen molar-refractivity contribution in [2.75, 3.05) is 0 Å². The highest BCUT2D eigenvalue weighted by atomic mass is 15.0. The Morgan fingerprint density at radius 3 is 1.04 bits per heavy atom. The second-order valence-corrected chi connectivity index (χ2v) is 13.8. The van der Waals surface area contributed by atoms with Crippen molar-refractivity contribution in [3.05, 3.63) is 218 Å². The van der Waals surface area contributed by atoms with Gasteiger partial charge in [-0.05, 0) is 92.9 Å². The second-order valence-electron chi connectivity index (χ2n) is 13.8. The van der Waals surface area contributed by atoms with Crippen LogP contribution in [0.15, 0.2) is 218 Å². The van der Waals surface area contributed by atoms with E-state index in [0.29, 0.717) is 11.4 Å². The highest BCUT2D eigenvalue weighted by molar-refractivity contribution is 6.28. The fourth-order valence-electron chi connectivity index (χ4n) is 7.97. The molecule has 0 bridgehead atoms. The van der Waals surface area contributed by atoms with Crippen LogP contribution in [0.1, 0.15) is 13.7 Å². The van der Waals surface area contributed by atoms with Crippen molar-refractivity contribution < 1.29 is 13.7 Å². The van der Waals surface area contributed by atoms with Gasteiger partial charge in [0.15, 0.2) is 0 Å². The first kappa shape index (κ1) is 23.4. The predicted molar refractivity (Wildman–Crippen MR) is 237 cm³/mol. The molecular formula is C54H36N2.